The van der Waals surface area contributed by atoms with Gasteiger partial charge in [0.25, 0.3) is 5.91 Å². The average Bonchev–Trinajstić information content (AvgIpc) is 3.02. The second-order valence-corrected chi connectivity index (χ2v) is 5.13. The Morgan fingerprint density at radius 1 is 1.09 bits per heavy atom. The predicted molar refractivity (Wildman–Crippen MR) is 88.0 cm³/mol. The molecule has 5 nitrogen and oxygen atoms in total. The summed E-state index contributed by atoms with van der Waals surface area (Å²) in [6, 6.07) is 10.6. The SMILES string of the molecule is CC.Cc1ccc(NC(=O)c2ccc(C(C)(C)N=O)o2)cc1. The van der Waals surface area contributed by atoms with E-state index >= 15 is 0 Å². The molecule has 0 atom stereocenters. The van der Waals surface area contributed by atoms with Crippen LogP contribution in [0.3, 0.4) is 0 Å². The van der Waals surface area contributed by atoms with Crippen LogP contribution in [0, 0.1) is 11.8 Å². The Morgan fingerprint density at radius 3 is 2.23 bits per heavy atom. The van der Waals surface area contributed by atoms with E-state index in [0.29, 0.717) is 11.4 Å². The molecular formula is C17H22N2O3. The maximum Gasteiger partial charge on any atom is 0.291 e. The number of nitrogens with one attached hydrogen (secondary N) is 1. The van der Waals surface area contributed by atoms with Gasteiger partial charge in [-0.1, -0.05) is 36.7 Å². The van der Waals surface area contributed by atoms with Crippen molar-refractivity contribution in [1.82, 2.24) is 0 Å². The van der Waals surface area contributed by atoms with Crippen LogP contribution in [-0.2, 0) is 5.54 Å². The van der Waals surface area contributed by atoms with E-state index in [1.165, 1.54) is 6.07 Å². The van der Waals surface area contributed by atoms with E-state index in [4.69, 9.17) is 4.42 Å². The number of hydrogen-bond donors (Lipinski definition) is 1. The Hall–Kier alpha value is -2.43. The predicted octanol–water partition coefficient (Wildman–Crippen LogP) is 4.87. The van der Waals surface area contributed by atoms with E-state index in [-0.39, 0.29) is 11.7 Å². The number of aryl methyl sites for hydroxylation is 1. The van der Waals surface area contributed by atoms with Crippen LogP contribution in [0.4, 0.5) is 5.69 Å². The molecule has 0 aliphatic rings. The first-order chi connectivity index (χ1) is 10.4. The minimum absolute atomic E-state index is 0.150. The van der Waals surface area contributed by atoms with Crippen LogP contribution in [0.15, 0.2) is 46.0 Å². The normalized spacial score (nSPS) is 10.4. The van der Waals surface area contributed by atoms with Gasteiger partial charge in [-0.25, -0.2) is 0 Å². The second-order valence-electron chi connectivity index (χ2n) is 5.13. The smallest absolute Gasteiger partial charge is 0.291 e. The monoisotopic (exact) mass is 302 g/mol. The molecule has 0 unspecified atom stereocenters. The largest absolute Gasteiger partial charge is 0.453 e. The molecule has 5 heteroatoms. The summed E-state index contributed by atoms with van der Waals surface area (Å²) in [5.41, 5.74) is 0.816. The third-order valence-corrected chi connectivity index (χ3v) is 2.97. The van der Waals surface area contributed by atoms with E-state index in [9.17, 15) is 9.70 Å². The fraction of sp³-hybridized carbons (Fsp3) is 0.353. The van der Waals surface area contributed by atoms with Crippen LogP contribution >= 0.6 is 0 Å². The molecule has 22 heavy (non-hydrogen) atoms. The van der Waals surface area contributed by atoms with Gasteiger partial charge in [0.05, 0.1) is 0 Å². The molecule has 0 radical (unpaired) electrons. The standard InChI is InChI=1S/C15H16N2O3.C2H6/c1-10-4-6-11(7-5-10)16-14(18)12-8-9-13(20-12)15(2,3)17-19;1-2/h4-9H,1-3H3,(H,16,18);1-2H3. The number of nitroso groups, excluding NO2 is 1. The van der Waals surface area contributed by atoms with E-state index in [2.05, 4.69) is 10.5 Å². The number of anilines is 1. The zero-order valence-corrected chi connectivity index (χ0v) is 13.6. The van der Waals surface area contributed by atoms with Gasteiger partial charge in [-0.2, -0.15) is 0 Å². The highest BCUT2D eigenvalue weighted by molar-refractivity contribution is 6.02. The number of carbonyl (C=O) groups excluding carboxylic acids is 1. The molecule has 0 aliphatic carbocycles. The maximum atomic E-state index is 12.0. The molecule has 1 aromatic heterocycles. The highest BCUT2D eigenvalue weighted by Gasteiger charge is 2.26. The molecule has 0 saturated heterocycles. The van der Waals surface area contributed by atoms with Gasteiger partial charge in [0.2, 0.25) is 0 Å². The third-order valence-electron chi connectivity index (χ3n) is 2.97. The zero-order valence-electron chi connectivity index (χ0n) is 13.6. The Balaban J connectivity index is 0.00000116. The van der Waals surface area contributed by atoms with Gasteiger partial charge in [0.1, 0.15) is 5.76 Å². The molecule has 2 aromatic rings. The fourth-order valence-electron chi connectivity index (χ4n) is 1.66. The Labute approximate surface area is 130 Å². The second kappa shape index (κ2) is 7.54. The van der Waals surface area contributed by atoms with Gasteiger partial charge in [0, 0.05) is 5.69 Å². The highest BCUT2D eigenvalue weighted by atomic mass is 16.4. The summed E-state index contributed by atoms with van der Waals surface area (Å²) in [6.45, 7) is 9.22. The first-order valence-electron chi connectivity index (χ1n) is 7.25. The number of hydrogen-bond acceptors (Lipinski definition) is 4. The number of furan rings is 1. The zero-order chi connectivity index (χ0) is 16.8. The molecule has 0 spiro atoms. The van der Waals surface area contributed by atoms with Crippen molar-refractivity contribution >= 4 is 11.6 Å². The maximum absolute atomic E-state index is 12.0. The van der Waals surface area contributed by atoms with E-state index in [1.807, 2.05) is 45.0 Å². The highest BCUT2D eigenvalue weighted by Crippen LogP contribution is 2.26. The van der Waals surface area contributed by atoms with Crippen molar-refractivity contribution in [2.45, 2.75) is 40.2 Å². The summed E-state index contributed by atoms with van der Waals surface area (Å²) in [4.78, 5) is 22.7. The first-order valence-corrected chi connectivity index (χ1v) is 7.25. The van der Waals surface area contributed by atoms with Crippen molar-refractivity contribution < 1.29 is 9.21 Å². The molecule has 0 saturated carbocycles. The van der Waals surface area contributed by atoms with Crippen molar-refractivity contribution in [3.63, 3.8) is 0 Å². The topological polar surface area (TPSA) is 71.7 Å². The minimum Gasteiger partial charge on any atom is -0.453 e. The lowest BCUT2D eigenvalue weighted by molar-refractivity contribution is 0.0993. The van der Waals surface area contributed by atoms with E-state index in [0.717, 1.165) is 5.56 Å². The fourth-order valence-corrected chi connectivity index (χ4v) is 1.66. The molecule has 2 rings (SSSR count). The van der Waals surface area contributed by atoms with Gasteiger partial charge in [-0.15, -0.1) is 4.91 Å². The summed E-state index contributed by atoms with van der Waals surface area (Å²) >= 11 is 0. The van der Waals surface area contributed by atoms with Crippen molar-refractivity contribution in [2.24, 2.45) is 5.18 Å². The third kappa shape index (κ3) is 4.28. The lowest BCUT2D eigenvalue weighted by Gasteiger charge is -2.10. The molecule has 0 fully saturated rings. The van der Waals surface area contributed by atoms with Gasteiger partial charge < -0.3 is 9.73 Å². The summed E-state index contributed by atoms with van der Waals surface area (Å²) in [5.74, 6) is 0.153. The van der Waals surface area contributed by atoms with Crippen LogP contribution in [-0.4, -0.2) is 5.91 Å². The van der Waals surface area contributed by atoms with Crippen molar-refractivity contribution in [3.05, 3.63) is 58.4 Å². The number of carbonyl (C=O) groups is 1. The van der Waals surface area contributed by atoms with Crippen LogP contribution < -0.4 is 5.32 Å². The Kier molecular flexibility index (Phi) is 6.04. The lowest BCUT2D eigenvalue weighted by atomic mass is 10.0. The quantitative estimate of drug-likeness (QED) is 0.819. The summed E-state index contributed by atoms with van der Waals surface area (Å²) in [6.07, 6.45) is 0. The summed E-state index contributed by atoms with van der Waals surface area (Å²) < 4.78 is 5.39. The molecule has 0 bridgehead atoms. The van der Waals surface area contributed by atoms with Gasteiger partial charge in [-0.05, 0) is 45.0 Å². The number of benzene rings is 1. The summed E-state index contributed by atoms with van der Waals surface area (Å²) in [5, 5.41) is 5.71. The molecule has 1 N–H and O–H groups in total. The Bertz CT molecular complexity index is 628. The van der Waals surface area contributed by atoms with Crippen LogP contribution in [0.1, 0.15) is 49.6 Å². The van der Waals surface area contributed by atoms with E-state index in [1.54, 1.807) is 19.9 Å². The van der Waals surface area contributed by atoms with E-state index < -0.39 is 5.54 Å². The minimum atomic E-state index is -0.984. The van der Waals surface area contributed by atoms with Gasteiger partial charge in [0.15, 0.2) is 11.3 Å². The van der Waals surface area contributed by atoms with Crippen molar-refractivity contribution in [2.75, 3.05) is 5.32 Å². The Morgan fingerprint density at radius 2 is 1.68 bits per heavy atom. The average molecular weight is 302 g/mol. The van der Waals surface area contributed by atoms with Crippen molar-refractivity contribution in [3.8, 4) is 0 Å². The van der Waals surface area contributed by atoms with Gasteiger partial charge in [-0.3, -0.25) is 4.79 Å². The molecular weight excluding hydrogens is 280 g/mol. The van der Waals surface area contributed by atoms with Gasteiger partial charge >= 0.3 is 0 Å². The molecule has 118 valence electrons. The lowest BCUT2D eigenvalue weighted by Crippen LogP contribution is -2.13. The number of amides is 1. The first kappa shape index (κ1) is 17.6. The molecule has 1 aromatic carbocycles. The molecule has 0 aliphatic heterocycles. The molecule has 1 amide bonds. The van der Waals surface area contributed by atoms with Crippen LogP contribution in [0.2, 0.25) is 0 Å². The molecule has 1 heterocycles. The van der Waals surface area contributed by atoms with Crippen LogP contribution in [0.25, 0.3) is 0 Å². The number of nitrogens with zero attached hydrogens (tertiary/aromatic N) is 1. The van der Waals surface area contributed by atoms with Crippen molar-refractivity contribution in [1.29, 1.82) is 0 Å². The number of rotatable bonds is 4. The van der Waals surface area contributed by atoms with Crippen LogP contribution in [0.5, 0.6) is 0 Å². The summed E-state index contributed by atoms with van der Waals surface area (Å²) in [7, 11) is 0.